The second-order valence-corrected chi connectivity index (χ2v) is 7.88. The number of benzene rings is 1. The largest absolute Gasteiger partial charge is 0.340 e. The average Bonchev–Trinajstić information content (AvgIpc) is 2.87. The van der Waals surface area contributed by atoms with Crippen LogP contribution >= 0.6 is 0 Å². The van der Waals surface area contributed by atoms with E-state index in [1.54, 1.807) is 0 Å². The predicted octanol–water partition coefficient (Wildman–Crippen LogP) is 1.39. The van der Waals surface area contributed by atoms with Crippen molar-refractivity contribution in [2.75, 3.05) is 33.2 Å². The van der Waals surface area contributed by atoms with Crippen molar-refractivity contribution in [1.29, 1.82) is 0 Å². The zero-order valence-electron chi connectivity index (χ0n) is 16.5. The van der Waals surface area contributed by atoms with Crippen molar-refractivity contribution in [3.63, 3.8) is 0 Å². The molecule has 2 aliphatic heterocycles. The summed E-state index contributed by atoms with van der Waals surface area (Å²) >= 11 is 0. The first-order valence-electron chi connectivity index (χ1n) is 10.1. The number of nitrogens with zero attached hydrogens (tertiary/aromatic N) is 2. The molecule has 0 spiro atoms. The van der Waals surface area contributed by atoms with Crippen LogP contribution < -0.4 is 10.6 Å². The number of carbonyl (C=O) groups excluding carboxylic acids is 3. The monoisotopic (exact) mass is 386 g/mol. The third kappa shape index (κ3) is 5.79. The van der Waals surface area contributed by atoms with Crippen LogP contribution in [0.15, 0.2) is 30.3 Å². The Bertz CT molecular complexity index is 686. The van der Waals surface area contributed by atoms with Gasteiger partial charge >= 0.3 is 6.03 Å². The molecule has 0 aromatic heterocycles. The highest BCUT2D eigenvalue weighted by Crippen LogP contribution is 2.19. The molecule has 2 aliphatic rings. The number of hydrogen-bond acceptors (Lipinski definition) is 4. The lowest BCUT2D eigenvalue weighted by Crippen LogP contribution is -2.51. The SMILES string of the molecule is CN1CCC(CN(CCc2ccccc2)C(=O)[C@@H]2CCC(=O)NC(=O)N2)CC1. The zero-order valence-corrected chi connectivity index (χ0v) is 16.5. The molecular weight excluding hydrogens is 356 g/mol. The summed E-state index contributed by atoms with van der Waals surface area (Å²) in [6.45, 7) is 3.41. The van der Waals surface area contributed by atoms with Crippen molar-refractivity contribution in [3.05, 3.63) is 35.9 Å². The van der Waals surface area contributed by atoms with E-state index in [4.69, 9.17) is 0 Å². The molecule has 2 N–H and O–H groups in total. The molecule has 2 fully saturated rings. The standard InChI is InChI=1S/C21H30N4O3/c1-24-12-9-17(10-13-24)15-25(14-11-16-5-3-2-4-6-16)20(27)18-7-8-19(26)23-21(28)22-18/h2-6,17-18H,7-15H2,1H3,(H2,22,23,26,28)/t18-/m0/s1. The van der Waals surface area contributed by atoms with Crippen LogP contribution in [0.3, 0.4) is 0 Å². The van der Waals surface area contributed by atoms with Crippen LogP contribution in [0.2, 0.25) is 0 Å². The lowest BCUT2D eigenvalue weighted by atomic mass is 9.95. The molecule has 1 aromatic carbocycles. The Labute approximate surface area is 166 Å². The van der Waals surface area contributed by atoms with Crippen molar-refractivity contribution < 1.29 is 14.4 Å². The lowest BCUT2D eigenvalue weighted by molar-refractivity contribution is -0.134. The Morgan fingerprint density at radius 2 is 1.86 bits per heavy atom. The number of hydrogen-bond donors (Lipinski definition) is 2. The van der Waals surface area contributed by atoms with Crippen LogP contribution in [0.4, 0.5) is 4.79 Å². The fraction of sp³-hybridized carbons (Fsp3) is 0.571. The summed E-state index contributed by atoms with van der Waals surface area (Å²) < 4.78 is 0. The molecule has 2 saturated heterocycles. The van der Waals surface area contributed by atoms with Gasteiger partial charge in [0.15, 0.2) is 0 Å². The van der Waals surface area contributed by atoms with Gasteiger partial charge < -0.3 is 15.1 Å². The second-order valence-electron chi connectivity index (χ2n) is 7.88. The summed E-state index contributed by atoms with van der Waals surface area (Å²) in [7, 11) is 2.12. The molecule has 7 nitrogen and oxygen atoms in total. The van der Waals surface area contributed by atoms with Crippen LogP contribution in [0.5, 0.6) is 0 Å². The van der Waals surface area contributed by atoms with Crippen LogP contribution in [0, 0.1) is 5.92 Å². The predicted molar refractivity (Wildman–Crippen MR) is 107 cm³/mol. The van der Waals surface area contributed by atoms with E-state index < -0.39 is 12.1 Å². The van der Waals surface area contributed by atoms with E-state index in [9.17, 15) is 14.4 Å². The van der Waals surface area contributed by atoms with Crippen LogP contribution in [0.25, 0.3) is 0 Å². The quantitative estimate of drug-likeness (QED) is 0.774. The fourth-order valence-corrected chi connectivity index (χ4v) is 3.89. The number of rotatable bonds is 6. The van der Waals surface area contributed by atoms with Crippen LogP contribution in [-0.2, 0) is 16.0 Å². The van der Waals surface area contributed by atoms with Crippen molar-refractivity contribution in [1.82, 2.24) is 20.4 Å². The molecule has 28 heavy (non-hydrogen) atoms. The van der Waals surface area contributed by atoms with Crippen molar-refractivity contribution in [2.24, 2.45) is 5.92 Å². The van der Waals surface area contributed by atoms with E-state index in [0.29, 0.717) is 25.4 Å². The van der Waals surface area contributed by atoms with Crippen molar-refractivity contribution >= 4 is 17.8 Å². The lowest BCUT2D eigenvalue weighted by Gasteiger charge is -2.34. The van der Waals surface area contributed by atoms with Gasteiger partial charge in [-0.25, -0.2) is 4.79 Å². The molecule has 3 rings (SSSR count). The van der Waals surface area contributed by atoms with E-state index in [1.807, 2.05) is 23.1 Å². The molecule has 2 heterocycles. The summed E-state index contributed by atoms with van der Waals surface area (Å²) in [4.78, 5) is 40.8. The number of amides is 4. The summed E-state index contributed by atoms with van der Waals surface area (Å²) in [5, 5.41) is 4.91. The van der Waals surface area contributed by atoms with Gasteiger partial charge in [0.25, 0.3) is 0 Å². The summed E-state index contributed by atoms with van der Waals surface area (Å²) in [6.07, 6.45) is 3.43. The normalized spacial score (nSPS) is 21.5. The third-order valence-corrected chi connectivity index (χ3v) is 5.66. The van der Waals surface area contributed by atoms with Gasteiger partial charge in [0.05, 0.1) is 0 Å². The van der Waals surface area contributed by atoms with Crippen molar-refractivity contribution in [2.45, 2.75) is 38.1 Å². The highest BCUT2D eigenvalue weighted by atomic mass is 16.2. The van der Waals surface area contributed by atoms with Gasteiger partial charge in [0.2, 0.25) is 11.8 Å². The van der Waals surface area contributed by atoms with Gasteiger partial charge in [0.1, 0.15) is 6.04 Å². The van der Waals surface area contributed by atoms with Crippen LogP contribution in [0.1, 0.15) is 31.2 Å². The van der Waals surface area contributed by atoms with E-state index in [0.717, 1.165) is 32.4 Å². The van der Waals surface area contributed by atoms with E-state index in [2.05, 4.69) is 34.7 Å². The summed E-state index contributed by atoms with van der Waals surface area (Å²) in [6, 6.07) is 8.89. The molecule has 1 aromatic rings. The molecule has 0 aliphatic carbocycles. The molecule has 0 saturated carbocycles. The second kappa shape index (κ2) is 9.68. The van der Waals surface area contributed by atoms with Gasteiger partial charge in [-0.05, 0) is 57.3 Å². The maximum atomic E-state index is 13.2. The first kappa shape index (κ1) is 20.3. The number of nitrogens with one attached hydrogen (secondary N) is 2. The third-order valence-electron chi connectivity index (χ3n) is 5.66. The molecule has 0 radical (unpaired) electrons. The minimum absolute atomic E-state index is 0.0836. The maximum Gasteiger partial charge on any atom is 0.322 e. The summed E-state index contributed by atoms with van der Waals surface area (Å²) in [5.74, 6) is 0.0517. The molecular formula is C21H30N4O3. The zero-order chi connectivity index (χ0) is 19.9. The molecule has 152 valence electrons. The molecule has 0 unspecified atom stereocenters. The Morgan fingerprint density at radius 3 is 2.57 bits per heavy atom. The van der Waals surface area contributed by atoms with E-state index >= 15 is 0 Å². The number of piperidine rings is 1. The first-order valence-corrected chi connectivity index (χ1v) is 10.1. The highest BCUT2D eigenvalue weighted by Gasteiger charge is 2.31. The molecule has 1 atom stereocenters. The Balaban J connectivity index is 1.67. The van der Waals surface area contributed by atoms with Crippen molar-refractivity contribution in [3.8, 4) is 0 Å². The number of imide groups is 1. The molecule has 7 heteroatoms. The van der Waals surface area contributed by atoms with E-state index in [1.165, 1.54) is 5.56 Å². The topological polar surface area (TPSA) is 81.8 Å². The Hall–Kier alpha value is -2.41. The molecule has 4 amide bonds. The van der Waals surface area contributed by atoms with Crippen LogP contribution in [-0.4, -0.2) is 66.9 Å². The minimum atomic E-state index is -0.645. The average molecular weight is 386 g/mol. The van der Waals surface area contributed by atoms with Gasteiger partial charge in [-0.15, -0.1) is 0 Å². The van der Waals surface area contributed by atoms with Gasteiger partial charge in [-0.1, -0.05) is 30.3 Å². The van der Waals surface area contributed by atoms with Gasteiger partial charge in [-0.3, -0.25) is 14.9 Å². The first-order chi connectivity index (χ1) is 13.5. The Morgan fingerprint density at radius 1 is 1.14 bits per heavy atom. The van der Waals surface area contributed by atoms with Gasteiger partial charge in [-0.2, -0.15) is 0 Å². The highest BCUT2D eigenvalue weighted by molar-refractivity contribution is 5.98. The molecule has 0 bridgehead atoms. The summed E-state index contributed by atoms with van der Waals surface area (Å²) in [5.41, 5.74) is 1.19. The van der Waals surface area contributed by atoms with Gasteiger partial charge in [0, 0.05) is 19.5 Å². The Kier molecular flexibility index (Phi) is 7.03. The smallest absolute Gasteiger partial charge is 0.322 e. The maximum absolute atomic E-state index is 13.2. The number of urea groups is 1. The van der Waals surface area contributed by atoms with E-state index in [-0.39, 0.29) is 18.2 Å². The minimum Gasteiger partial charge on any atom is -0.340 e. The fourth-order valence-electron chi connectivity index (χ4n) is 3.89. The number of likely N-dealkylation sites (tertiary alicyclic amines) is 1. The number of carbonyl (C=O) groups is 3.